The molecule has 1 aromatic carbocycles. The lowest BCUT2D eigenvalue weighted by atomic mass is 9.96. The Morgan fingerprint density at radius 1 is 1.30 bits per heavy atom. The van der Waals surface area contributed by atoms with Crippen LogP contribution in [0.2, 0.25) is 0 Å². The fourth-order valence-corrected chi connectivity index (χ4v) is 2.46. The first kappa shape index (κ1) is 17.0. The Morgan fingerprint density at radius 3 is 2.45 bits per heavy atom. The van der Waals surface area contributed by atoms with Gasteiger partial charge in [-0.2, -0.15) is 0 Å². The zero-order valence-corrected chi connectivity index (χ0v) is 13.1. The van der Waals surface area contributed by atoms with E-state index < -0.39 is 0 Å². The van der Waals surface area contributed by atoms with Crippen molar-refractivity contribution in [3.8, 4) is 0 Å². The molecule has 1 aromatic rings. The summed E-state index contributed by atoms with van der Waals surface area (Å²) in [6, 6.07) is 8.26. The van der Waals surface area contributed by atoms with Crippen molar-refractivity contribution in [2.45, 2.75) is 39.0 Å². The Labute approximate surface area is 127 Å². The molecule has 1 aliphatic rings. The Bertz CT molecular complexity index is 413. The second kappa shape index (κ2) is 8.28. The monoisotopic (exact) mass is 296 g/mol. The van der Waals surface area contributed by atoms with E-state index in [0.717, 1.165) is 38.0 Å². The Morgan fingerprint density at radius 2 is 1.90 bits per heavy atom. The molecule has 1 amide bonds. The molecule has 0 saturated carbocycles. The third-order valence-electron chi connectivity index (χ3n) is 4.07. The molecule has 4 heteroatoms. The van der Waals surface area contributed by atoms with E-state index in [0.29, 0.717) is 5.92 Å². The van der Waals surface area contributed by atoms with Gasteiger partial charge in [-0.25, -0.2) is 0 Å². The molecular formula is C16H25ClN2O. The molecule has 1 unspecified atom stereocenters. The molecule has 0 bridgehead atoms. The summed E-state index contributed by atoms with van der Waals surface area (Å²) in [6.45, 7) is 6.32. The number of amides is 1. The molecular weight excluding hydrogens is 272 g/mol. The number of hydrogen-bond acceptors (Lipinski definition) is 2. The molecule has 1 heterocycles. The maximum atomic E-state index is 12.1. The fraction of sp³-hybridized carbons (Fsp3) is 0.562. The summed E-state index contributed by atoms with van der Waals surface area (Å²) in [7, 11) is 0. The number of carbonyl (C=O) groups is 1. The van der Waals surface area contributed by atoms with Crippen molar-refractivity contribution in [2.24, 2.45) is 5.92 Å². The molecule has 20 heavy (non-hydrogen) atoms. The van der Waals surface area contributed by atoms with Gasteiger partial charge in [-0.15, -0.1) is 12.4 Å². The number of piperidine rings is 1. The maximum absolute atomic E-state index is 12.1. The SMILES string of the molecule is CCC(C)c1ccc(NC(=O)C2CCNCC2)cc1.Cl. The van der Waals surface area contributed by atoms with E-state index in [-0.39, 0.29) is 24.2 Å². The lowest BCUT2D eigenvalue weighted by molar-refractivity contribution is -0.120. The third-order valence-corrected chi connectivity index (χ3v) is 4.07. The summed E-state index contributed by atoms with van der Waals surface area (Å²) in [6.07, 6.45) is 3.02. The molecule has 2 N–H and O–H groups in total. The molecule has 0 aromatic heterocycles. The number of benzene rings is 1. The summed E-state index contributed by atoms with van der Waals surface area (Å²) >= 11 is 0. The molecule has 3 nitrogen and oxygen atoms in total. The topological polar surface area (TPSA) is 41.1 Å². The largest absolute Gasteiger partial charge is 0.326 e. The van der Waals surface area contributed by atoms with Crippen molar-refractivity contribution in [3.63, 3.8) is 0 Å². The van der Waals surface area contributed by atoms with Crippen molar-refractivity contribution < 1.29 is 4.79 Å². The van der Waals surface area contributed by atoms with Gasteiger partial charge < -0.3 is 10.6 Å². The van der Waals surface area contributed by atoms with Crippen LogP contribution in [0, 0.1) is 5.92 Å². The Kier molecular flexibility index (Phi) is 7.03. The highest BCUT2D eigenvalue weighted by molar-refractivity contribution is 5.92. The summed E-state index contributed by atoms with van der Waals surface area (Å²) in [5.74, 6) is 0.905. The second-order valence-electron chi connectivity index (χ2n) is 5.44. The Balaban J connectivity index is 0.00000200. The average Bonchev–Trinajstić information content (AvgIpc) is 2.48. The summed E-state index contributed by atoms with van der Waals surface area (Å²) in [5.41, 5.74) is 2.25. The van der Waals surface area contributed by atoms with E-state index in [1.165, 1.54) is 5.56 Å². The van der Waals surface area contributed by atoms with E-state index in [1.54, 1.807) is 0 Å². The van der Waals surface area contributed by atoms with Gasteiger partial charge in [0.2, 0.25) is 5.91 Å². The highest BCUT2D eigenvalue weighted by Crippen LogP contribution is 2.21. The molecule has 2 rings (SSSR count). The molecule has 0 radical (unpaired) electrons. The zero-order chi connectivity index (χ0) is 13.7. The van der Waals surface area contributed by atoms with Crippen molar-refractivity contribution in [2.75, 3.05) is 18.4 Å². The van der Waals surface area contributed by atoms with Crippen LogP contribution in [0.15, 0.2) is 24.3 Å². The molecule has 1 aliphatic heterocycles. The lowest BCUT2D eigenvalue weighted by Gasteiger charge is -2.21. The van der Waals surface area contributed by atoms with Gasteiger partial charge >= 0.3 is 0 Å². The van der Waals surface area contributed by atoms with Crippen LogP contribution < -0.4 is 10.6 Å². The predicted octanol–water partition coefficient (Wildman–Crippen LogP) is 3.56. The highest BCUT2D eigenvalue weighted by atomic mass is 35.5. The maximum Gasteiger partial charge on any atom is 0.227 e. The van der Waals surface area contributed by atoms with Gasteiger partial charge in [0.05, 0.1) is 0 Å². The standard InChI is InChI=1S/C16H24N2O.ClH/c1-3-12(2)13-4-6-15(7-5-13)18-16(19)14-8-10-17-11-9-14;/h4-7,12,14,17H,3,8-11H2,1-2H3,(H,18,19);1H. The van der Waals surface area contributed by atoms with Gasteiger partial charge in [-0.3, -0.25) is 4.79 Å². The molecule has 0 aliphatic carbocycles. The molecule has 1 fully saturated rings. The molecule has 1 atom stereocenters. The zero-order valence-electron chi connectivity index (χ0n) is 12.3. The first-order valence-corrected chi connectivity index (χ1v) is 7.32. The van der Waals surface area contributed by atoms with Gasteiger partial charge in [0.1, 0.15) is 0 Å². The predicted molar refractivity (Wildman–Crippen MR) is 86.6 cm³/mol. The highest BCUT2D eigenvalue weighted by Gasteiger charge is 2.20. The van der Waals surface area contributed by atoms with E-state index in [2.05, 4.69) is 36.6 Å². The third kappa shape index (κ3) is 4.50. The van der Waals surface area contributed by atoms with Crippen LogP contribution in [-0.4, -0.2) is 19.0 Å². The number of rotatable bonds is 4. The quantitative estimate of drug-likeness (QED) is 0.892. The van der Waals surface area contributed by atoms with Crippen LogP contribution in [0.4, 0.5) is 5.69 Å². The van der Waals surface area contributed by atoms with Crippen molar-refractivity contribution in [1.29, 1.82) is 0 Å². The number of hydrogen-bond donors (Lipinski definition) is 2. The smallest absolute Gasteiger partial charge is 0.227 e. The molecule has 0 spiro atoms. The average molecular weight is 297 g/mol. The number of carbonyl (C=O) groups excluding carboxylic acids is 1. The first-order valence-electron chi connectivity index (χ1n) is 7.32. The van der Waals surface area contributed by atoms with E-state index >= 15 is 0 Å². The van der Waals surface area contributed by atoms with Crippen LogP contribution in [0.25, 0.3) is 0 Å². The van der Waals surface area contributed by atoms with Crippen molar-refractivity contribution in [1.82, 2.24) is 5.32 Å². The fourth-order valence-electron chi connectivity index (χ4n) is 2.46. The van der Waals surface area contributed by atoms with Crippen molar-refractivity contribution in [3.05, 3.63) is 29.8 Å². The van der Waals surface area contributed by atoms with Crippen LogP contribution in [-0.2, 0) is 4.79 Å². The van der Waals surface area contributed by atoms with Crippen LogP contribution in [0.1, 0.15) is 44.6 Å². The second-order valence-corrected chi connectivity index (χ2v) is 5.44. The normalized spacial score (nSPS) is 17.1. The van der Waals surface area contributed by atoms with Gasteiger partial charge in [-0.1, -0.05) is 26.0 Å². The van der Waals surface area contributed by atoms with Crippen LogP contribution >= 0.6 is 12.4 Å². The minimum atomic E-state index is 0. The number of nitrogens with one attached hydrogen (secondary N) is 2. The van der Waals surface area contributed by atoms with Crippen LogP contribution in [0.3, 0.4) is 0 Å². The van der Waals surface area contributed by atoms with E-state index in [9.17, 15) is 4.79 Å². The summed E-state index contributed by atoms with van der Waals surface area (Å²) in [5, 5.41) is 6.31. The van der Waals surface area contributed by atoms with Gasteiger partial charge in [-0.05, 0) is 56.0 Å². The van der Waals surface area contributed by atoms with E-state index in [4.69, 9.17) is 0 Å². The minimum Gasteiger partial charge on any atom is -0.326 e. The summed E-state index contributed by atoms with van der Waals surface area (Å²) < 4.78 is 0. The van der Waals surface area contributed by atoms with Gasteiger partial charge in [0.25, 0.3) is 0 Å². The molecule has 1 saturated heterocycles. The van der Waals surface area contributed by atoms with Crippen molar-refractivity contribution >= 4 is 24.0 Å². The van der Waals surface area contributed by atoms with Crippen LogP contribution in [0.5, 0.6) is 0 Å². The number of halogens is 1. The number of anilines is 1. The Hall–Kier alpha value is -1.06. The van der Waals surface area contributed by atoms with E-state index in [1.807, 2.05) is 12.1 Å². The molecule has 112 valence electrons. The first-order chi connectivity index (χ1) is 9.20. The minimum absolute atomic E-state index is 0. The van der Waals surface area contributed by atoms with Gasteiger partial charge in [0, 0.05) is 11.6 Å². The lowest BCUT2D eigenvalue weighted by Crippen LogP contribution is -2.34. The van der Waals surface area contributed by atoms with Gasteiger partial charge in [0.15, 0.2) is 0 Å². The summed E-state index contributed by atoms with van der Waals surface area (Å²) in [4.78, 5) is 12.1.